The largest absolute Gasteiger partial charge is 0.390 e. The maximum Gasteiger partial charge on any atom is 0.354 e. The third-order valence-corrected chi connectivity index (χ3v) is 9.25. The fourth-order valence-electron chi connectivity index (χ4n) is 4.47. The van der Waals surface area contributed by atoms with Gasteiger partial charge in [-0.25, -0.2) is 19.1 Å². The molecule has 0 saturated heterocycles. The second-order valence-electron chi connectivity index (χ2n) is 9.54. The number of rotatable bonds is 4. The number of fused-ring (bicyclic) bond motifs is 2. The fraction of sp³-hybridized carbons (Fsp3) is 0.571. The predicted molar refractivity (Wildman–Crippen MR) is 123 cm³/mol. The minimum Gasteiger partial charge on any atom is -0.390 e. The average molecular weight is 480 g/mol. The molecule has 0 saturated carbocycles. The van der Waals surface area contributed by atoms with Gasteiger partial charge in [-0.3, -0.25) is 4.98 Å². The number of pyridine rings is 1. The highest BCUT2D eigenvalue weighted by molar-refractivity contribution is 7.93. The van der Waals surface area contributed by atoms with Gasteiger partial charge in [0.25, 0.3) is 0 Å². The number of nitrogens with two attached hydrogens (primary N) is 1. The molecule has 5 N–H and O–H groups in total. The first kappa shape index (κ1) is 23.2. The van der Waals surface area contributed by atoms with Crippen molar-refractivity contribution in [1.82, 2.24) is 9.97 Å². The lowest BCUT2D eigenvalue weighted by molar-refractivity contribution is 0.0796. The second-order valence-corrected chi connectivity index (χ2v) is 12.5. The van der Waals surface area contributed by atoms with Gasteiger partial charge in [0, 0.05) is 11.1 Å². The monoisotopic (exact) mass is 479 g/mol. The molecule has 2 aliphatic rings. The Morgan fingerprint density at radius 2 is 2.00 bits per heavy atom. The zero-order valence-electron chi connectivity index (χ0n) is 18.7. The number of thiazole rings is 1. The van der Waals surface area contributed by atoms with E-state index in [1.54, 1.807) is 0 Å². The Hall–Kier alpha value is -1.92. The number of amides is 2. The molecule has 2 aromatic heterocycles. The smallest absolute Gasteiger partial charge is 0.354 e. The predicted octanol–water partition coefficient (Wildman–Crippen LogP) is 2.90. The first-order valence-electron chi connectivity index (χ1n) is 10.6. The van der Waals surface area contributed by atoms with Crippen LogP contribution in [-0.2, 0) is 46.8 Å². The lowest BCUT2D eigenvalue weighted by atomic mass is 9.90. The molecule has 1 atom stereocenters. The van der Waals surface area contributed by atoms with E-state index in [-0.39, 0.29) is 15.4 Å². The Kier molecular flexibility index (Phi) is 5.70. The lowest BCUT2D eigenvalue weighted by Crippen LogP contribution is -2.20. The SMILES string of the molecule is CC(C)(O)c1sc([S@@](N)(=O)=NC(=O)Nc2c3c(nc4c2CCC4(C)C)CCC3)nc1CO. The van der Waals surface area contributed by atoms with Crippen LogP contribution in [-0.4, -0.2) is 30.4 Å². The van der Waals surface area contributed by atoms with Crippen molar-refractivity contribution in [3.05, 3.63) is 33.1 Å². The van der Waals surface area contributed by atoms with Crippen LogP contribution < -0.4 is 10.5 Å². The van der Waals surface area contributed by atoms with Gasteiger partial charge in [0.15, 0.2) is 9.92 Å². The van der Waals surface area contributed by atoms with E-state index in [9.17, 15) is 19.2 Å². The number of aliphatic hydroxyl groups excluding tert-OH is 1. The lowest BCUT2D eigenvalue weighted by Gasteiger charge is -2.20. The first-order valence-corrected chi connectivity index (χ1v) is 13.0. The molecule has 0 fully saturated rings. The summed E-state index contributed by atoms with van der Waals surface area (Å²) in [7, 11) is -3.67. The second kappa shape index (κ2) is 7.84. The Morgan fingerprint density at radius 3 is 2.62 bits per heavy atom. The molecule has 2 aromatic rings. The van der Waals surface area contributed by atoms with Crippen molar-refractivity contribution in [1.29, 1.82) is 0 Å². The van der Waals surface area contributed by atoms with Crippen LogP contribution in [0.5, 0.6) is 0 Å². The summed E-state index contributed by atoms with van der Waals surface area (Å²) in [4.78, 5) is 22.2. The molecule has 2 aliphatic carbocycles. The van der Waals surface area contributed by atoms with E-state index in [1.165, 1.54) is 13.8 Å². The van der Waals surface area contributed by atoms with Crippen LogP contribution in [0, 0.1) is 0 Å². The first-order chi connectivity index (χ1) is 14.8. The van der Waals surface area contributed by atoms with Gasteiger partial charge in [-0.2, -0.15) is 0 Å². The fourth-order valence-corrected chi connectivity index (χ4v) is 6.72. The Bertz CT molecular complexity index is 1220. The highest BCUT2D eigenvalue weighted by atomic mass is 32.2. The third-order valence-electron chi connectivity index (χ3n) is 6.05. The molecule has 0 bridgehead atoms. The van der Waals surface area contributed by atoms with Crippen molar-refractivity contribution in [3.63, 3.8) is 0 Å². The number of urea groups is 1. The summed E-state index contributed by atoms with van der Waals surface area (Å²) < 4.78 is 16.7. The number of aliphatic hydroxyl groups is 2. The van der Waals surface area contributed by atoms with E-state index in [4.69, 9.17) is 10.1 Å². The van der Waals surface area contributed by atoms with E-state index in [0.29, 0.717) is 4.88 Å². The van der Waals surface area contributed by atoms with E-state index in [2.05, 4.69) is 28.5 Å². The van der Waals surface area contributed by atoms with Crippen LogP contribution in [0.4, 0.5) is 10.5 Å². The van der Waals surface area contributed by atoms with Gasteiger partial charge in [-0.1, -0.05) is 13.8 Å². The van der Waals surface area contributed by atoms with Gasteiger partial charge in [0.2, 0.25) is 4.34 Å². The molecule has 0 aromatic carbocycles. The van der Waals surface area contributed by atoms with Gasteiger partial charge in [0.1, 0.15) is 0 Å². The summed E-state index contributed by atoms with van der Waals surface area (Å²) in [6.07, 6.45) is 4.41. The number of carbonyl (C=O) groups excluding carboxylic acids is 1. The van der Waals surface area contributed by atoms with E-state index >= 15 is 0 Å². The van der Waals surface area contributed by atoms with Gasteiger partial charge < -0.3 is 15.5 Å². The minimum absolute atomic E-state index is 0.0694. The van der Waals surface area contributed by atoms with Crippen molar-refractivity contribution < 1.29 is 19.2 Å². The Balaban J connectivity index is 1.71. The molecular weight excluding hydrogens is 450 g/mol. The van der Waals surface area contributed by atoms with E-state index < -0.39 is 28.2 Å². The van der Waals surface area contributed by atoms with Crippen LogP contribution in [0.15, 0.2) is 8.70 Å². The summed E-state index contributed by atoms with van der Waals surface area (Å²) in [6, 6.07) is -0.810. The molecular formula is C21H29N5O4S2. The summed E-state index contributed by atoms with van der Waals surface area (Å²) in [6.45, 7) is 6.90. The molecule has 0 aliphatic heterocycles. The Labute approximate surface area is 191 Å². The number of carbonyl (C=O) groups is 1. The average Bonchev–Trinajstić information content (AvgIpc) is 3.38. The van der Waals surface area contributed by atoms with Gasteiger partial charge in [-0.15, -0.1) is 15.7 Å². The molecule has 174 valence electrons. The minimum atomic E-state index is -3.67. The maximum atomic E-state index is 13.1. The summed E-state index contributed by atoms with van der Waals surface area (Å²) >= 11 is 0.881. The number of aryl methyl sites for hydroxylation is 1. The normalized spacial score (nSPS) is 18.7. The number of hydrogen-bond acceptors (Lipinski definition) is 7. The van der Waals surface area contributed by atoms with Gasteiger partial charge in [0.05, 0.1) is 34.2 Å². The topological polar surface area (TPSA) is 151 Å². The van der Waals surface area contributed by atoms with Crippen LogP contribution in [0.25, 0.3) is 0 Å². The Morgan fingerprint density at radius 1 is 1.28 bits per heavy atom. The highest BCUT2D eigenvalue weighted by Gasteiger charge is 2.36. The van der Waals surface area contributed by atoms with Crippen LogP contribution in [0.2, 0.25) is 0 Å². The van der Waals surface area contributed by atoms with E-state index in [1.807, 2.05) is 0 Å². The molecule has 4 rings (SSSR count). The third kappa shape index (κ3) is 4.08. The van der Waals surface area contributed by atoms with Crippen molar-refractivity contribution >= 4 is 33.0 Å². The van der Waals surface area contributed by atoms with Crippen molar-refractivity contribution in [2.24, 2.45) is 9.50 Å². The molecule has 0 spiro atoms. The summed E-state index contributed by atoms with van der Waals surface area (Å²) in [5.41, 5.74) is 3.56. The number of nitrogens with one attached hydrogen (secondary N) is 1. The summed E-state index contributed by atoms with van der Waals surface area (Å²) in [5.74, 6) is 0. The molecule has 2 heterocycles. The summed E-state index contributed by atoms with van der Waals surface area (Å²) in [5, 5.41) is 28.6. The molecule has 9 nitrogen and oxygen atoms in total. The van der Waals surface area contributed by atoms with Crippen molar-refractivity contribution in [2.75, 3.05) is 5.32 Å². The van der Waals surface area contributed by atoms with Crippen LogP contribution >= 0.6 is 11.3 Å². The maximum absolute atomic E-state index is 13.1. The van der Waals surface area contributed by atoms with Crippen LogP contribution in [0.1, 0.15) is 73.6 Å². The zero-order chi connectivity index (χ0) is 23.5. The number of aromatic nitrogens is 2. The van der Waals surface area contributed by atoms with Crippen molar-refractivity contribution in [2.45, 2.75) is 81.8 Å². The van der Waals surface area contributed by atoms with Crippen LogP contribution in [0.3, 0.4) is 0 Å². The zero-order valence-corrected chi connectivity index (χ0v) is 20.3. The quantitative estimate of drug-likeness (QED) is 0.529. The molecule has 11 heteroatoms. The van der Waals surface area contributed by atoms with E-state index in [0.717, 1.165) is 71.6 Å². The van der Waals surface area contributed by atoms with Gasteiger partial charge in [-0.05, 0) is 57.1 Å². The molecule has 32 heavy (non-hydrogen) atoms. The van der Waals surface area contributed by atoms with Gasteiger partial charge >= 0.3 is 6.03 Å². The van der Waals surface area contributed by atoms with Crippen molar-refractivity contribution in [3.8, 4) is 0 Å². The number of anilines is 1. The molecule has 0 radical (unpaired) electrons. The molecule has 0 unspecified atom stereocenters. The number of hydrogen-bond donors (Lipinski definition) is 4. The highest BCUT2D eigenvalue weighted by Crippen LogP contribution is 2.44. The molecule has 2 amide bonds. The number of nitrogens with zero attached hydrogens (tertiary/aromatic N) is 3. The standard InChI is InChI=1S/C21H29N5O4S2/c1-20(2)9-8-12-15(11-6-5-7-13(11)23-16(12)20)25-18(28)26-32(22,30)19-24-14(10-27)17(31-19)21(3,4)29/h27,29H,5-10H2,1-4H3,(H3,22,23,25,26,28,30)/t32-/m0/s1.